The van der Waals surface area contributed by atoms with Gasteiger partial charge in [0.05, 0.1) is 24.9 Å². The van der Waals surface area contributed by atoms with E-state index in [1.165, 1.54) is 16.7 Å². The number of morpholine rings is 1. The van der Waals surface area contributed by atoms with Crippen molar-refractivity contribution in [1.82, 2.24) is 4.90 Å². The second kappa shape index (κ2) is 5.60. The zero-order valence-corrected chi connectivity index (χ0v) is 14.2. The number of aryl methyl sites for hydroxylation is 2. The summed E-state index contributed by atoms with van der Waals surface area (Å²) in [5, 5.41) is 10.0. The Labute approximate surface area is 133 Å². The molecule has 2 saturated heterocycles. The van der Waals surface area contributed by atoms with Crippen LogP contribution in [0.4, 0.5) is 0 Å². The van der Waals surface area contributed by atoms with E-state index in [1.54, 1.807) is 0 Å². The van der Waals surface area contributed by atoms with Crippen LogP contribution in [0.1, 0.15) is 43.0 Å². The number of hydrogen-bond donors (Lipinski definition) is 1. The van der Waals surface area contributed by atoms with Crippen LogP contribution in [-0.4, -0.2) is 47.7 Å². The molecule has 1 N–H and O–H groups in total. The van der Waals surface area contributed by atoms with E-state index in [0.717, 1.165) is 0 Å². The molecule has 22 heavy (non-hydrogen) atoms. The van der Waals surface area contributed by atoms with E-state index < -0.39 is 11.9 Å². The highest BCUT2D eigenvalue weighted by atomic mass is 16.7. The molecule has 4 heteroatoms. The highest BCUT2D eigenvalue weighted by Gasteiger charge is 2.55. The van der Waals surface area contributed by atoms with Crippen molar-refractivity contribution in [2.24, 2.45) is 0 Å². The molecule has 0 saturated carbocycles. The Morgan fingerprint density at radius 3 is 2.55 bits per heavy atom. The number of rotatable bonds is 1. The molecule has 5 atom stereocenters. The third kappa shape index (κ3) is 2.48. The maximum absolute atomic E-state index is 10.0. The molecular formula is C18H27NO3. The van der Waals surface area contributed by atoms with Crippen LogP contribution in [0.15, 0.2) is 18.2 Å². The van der Waals surface area contributed by atoms with Crippen LogP contribution in [0.3, 0.4) is 0 Å². The van der Waals surface area contributed by atoms with Crippen LogP contribution >= 0.6 is 0 Å². The quantitative estimate of drug-likeness (QED) is 0.866. The van der Waals surface area contributed by atoms with Crippen molar-refractivity contribution in [3.63, 3.8) is 0 Å². The van der Waals surface area contributed by atoms with Crippen molar-refractivity contribution in [2.45, 2.75) is 64.2 Å². The summed E-state index contributed by atoms with van der Waals surface area (Å²) in [5.74, 6) is -0.748. The predicted octanol–water partition coefficient (Wildman–Crippen LogP) is 2.56. The van der Waals surface area contributed by atoms with Gasteiger partial charge in [-0.25, -0.2) is 0 Å². The van der Waals surface area contributed by atoms with Gasteiger partial charge in [0.1, 0.15) is 0 Å². The molecule has 2 aliphatic rings. The molecule has 2 heterocycles. The van der Waals surface area contributed by atoms with Crippen LogP contribution in [0, 0.1) is 13.8 Å². The Morgan fingerprint density at radius 2 is 1.95 bits per heavy atom. The Balaban J connectivity index is 2.04. The number of ether oxygens (including phenoxy) is 2. The zero-order chi connectivity index (χ0) is 16.1. The monoisotopic (exact) mass is 305 g/mol. The molecular weight excluding hydrogens is 278 g/mol. The first-order valence-electron chi connectivity index (χ1n) is 8.13. The first-order valence-corrected chi connectivity index (χ1v) is 8.13. The fraction of sp³-hybridized carbons (Fsp3) is 0.667. The third-order valence-corrected chi connectivity index (χ3v) is 5.42. The van der Waals surface area contributed by atoms with E-state index in [4.69, 9.17) is 9.47 Å². The van der Waals surface area contributed by atoms with Gasteiger partial charge in [0, 0.05) is 12.5 Å². The molecule has 0 bridgehead atoms. The van der Waals surface area contributed by atoms with E-state index in [-0.39, 0.29) is 12.1 Å². The minimum atomic E-state index is -0.748. The SMILES string of the molecule is Cc1ccc(C2N(C)C(C)C(C)OC23CC(O)CO3)cc1C. The van der Waals surface area contributed by atoms with Crippen molar-refractivity contribution >= 4 is 0 Å². The normalized spacial score (nSPS) is 39.5. The molecule has 1 aromatic rings. The number of likely N-dealkylation sites (N-methyl/N-ethyl adjacent to an activating group) is 1. The summed E-state index contributed by atoms with van der Waals surface area (Å²) < 4.78 is 12.3. The van der Waals surface area contributed by atoms with Gasteiger partial charge in [0.2, 0.25) is 0 Å². The van der Waals surface area contributed by atoms with E-state index in [2.05, 4.69) is 57.8 Å². The number of hydrogen-bond acceptors (Lipinski definition) is 4. The molecule has 4 nitrogen and oxygen atoms in total. The van der Waals surface area contributed by atoms with E-state index in [9.17, 15) is 5.11 Å². The number of aliphatic hydroxyl groups excluding tert-OH is 1. The largest absolute Gasteiger partial charge is 0.391 e. The molecule has 3 rings (SSSR count). The van der Waals surface area contributed by atoms with Crippen molar-refractivity contribution in [3.8, 4) is 0 Å². The fourth-order valence-corrected chi connectivity index (χ4v) is 3.73. The van der Waals surface area contributed by atoms with Gasteiger partial charge in [-0.05, 0) is 51.4 Å². The van der Waals surface area contributed by atoms with Crippen molar-refractivity contribution in [2.75, 3.05) is 13.7 Å². The minimum absolute atomic E-state index is 0.00449. The standard InChI is InChI=1S/C18H27NO3/c1-11-6-7-15(8-12(11)2)17-18(9-16(20)10-21-18)22-14(4)13(3)19(17)5/h6-8,13-14,16-17,20H,9-10H2,1-5H3. The average molecular weight is 305 g/mol. The van der Waals surface area contributed by atoms with E-state index in [0.29, 0.717) is 19.1 Å². The first kappa shape index (κ1) is 15.9. The molecule has 1 aromatic carbocycles. The van der Waals surface area contributed by atoms with Crippen molar-refractivity contribution < 1.29 is 14.6 Å². The predicted molar refractivity (Wildman–Crippen MR) is 85.7 cm³/mol. The van der Waals surface area contributed by atoms with Crippen LogP contribution in [0.25, 0.3) is 0 Å². The van der Waals surface area contributed by atoms with Gasteiger partial charge in [-0.3, -0.25) is 4.90 Å². The van der Waals surface area contributed by atoms with Crippen LogP contribution in [0.2, 0.25) is 0 Å². The van der Waals surface area contributed by atoms with Crippen LogP contribution in [-0.2, 0) is 9.47 Å². The van der Waals surface area contributed by atoms with Gasteiger partial charge >= 0.3 is 0 Å². The van der Waals surface area contributed by atoms with Gasteiger partial charge < -0.3 is 14.6 Å². The molecule has 5 unspecified atom stereocenters. The molecule has 122 valence electrons. The highest BCUT2D eigenvalue weighted by Crippen LogP contribution is 2.47. The van der Waals surface area contributed by atoms with Gasteiger partial charge in [0.15, 0.2) is 5.79 Å². The summed E-state index contributed by atoms with van der Waals surface area (Å²) in [6.07, 6.45) is 0.132. The molecule has 0 radical (unpaired) electrons. The smallest absolute Gasteiger partial charge is 0.191 e. The lowest BCUT2D eigenvalue weighted by molar-refractivity contribution is -0.306. The van der Waals surface area contributed by atoms with Gasteiger partial charge in [-0.2, -0.15) is 0 Å². The fourth-order valence-electron chi connectivity index (χ4n) is 3.73. The Bertz CT molecular complexity index is 561. The Hall–Kier alpha value is -0.940. The number of aliphatic hydroxyl groups is 1. The van der Waals surface area contributed by atoms with Crippen LogP contribution < -0.4 is 0 Å². The lowest BCUT2D eigenvalue weighted by Gasteiger charge is -2.51. The summed E-state index contributed by atoms with van der Waals surface area (Å²) >= 11 is 0. The minimum Gasteiger partial charge on any atom is -0.391 e. The Morgan fingerprint density at radius 1 is 1.23 bits per heavy atom. The second-order valence-electron chi connectivity index (χ2n) is 6.96. The third-order valence-electron chi connectivity index (χ3n) is 5.42. The topological polar surface area (TPSA) is 41.9 Å². The maximum atomic E-state index is 10.0. The van der Waals surface area contributed by atoms with Crippen molar-refractivity contribution in [1.29, 1.82) is 0 Å². The van der Waals surface area contributed by atoms with E-state index >= 15 is 0 Å². The lowest BCUT2D eigenvalue weighted by Crippen LogP contribution is -2.59. The average Bonchev–Trinajstić information content (AvgIpc) is 2.82. The number of nitrogens with zero attached hydrogens (tertiary/aromatic N) is 1. The second-order valence-corrected chi connectivity index (χ2v) is 6.96. The van der Waals surface area contributed by atoms with Crippen LogP contribution in [0.5, 0.6) is 0 Å². The molecule has 0 aliphatic carbocycles. The Kier molecular flexibility index (Phi) is 4.06. The molecule has 2 fully saturated rings. The summed E-state index contributed by atoms with van der Waals surface area (Å²) in [5.41, 5.74) is 3.75. The maximum Gasteiger partial charge on any atom is 0.191 e. The van der Waals surface area contributed by atoms with Gasteiger partial charge in [0.25, 0.3) is 0 Å². The highest BCUT2D eigenvalue weighted by molar-refractivity contribution is 5.33. The summed E-state index contributed by atoms with van der Waals surface area (Å²) in [6.45, 7) is 8.85. The van der Waals surface area contributed by atoms with Gasteiger partial charge in [-0.1, -0.05) is 18.2 Å². The summed E-state index contributed by atoms with van der Waals surface area (Å²) in [6, 6.07) is 6.82. The zero-order valence-electron chi connectivity index (χ0n) is 14.2. The molecule has 0 amide bonds. The lowest BCUT2D eigenvalue weighted by atomic mass is 9.88. The molecule has 0 aromatic heterocycles. The molecule has 1 spiro atoms. The summed E-state index contributed by atoms with van der Waals surface area (Å²) in [4.78, 5) is 2.33. The van der Waals surface area contributed by atoms with Gasteiger partial charge in [-0.15, -0.1) is 0 Å². The van der Waals surface area contributed by atoms with E-state index in [1.807, 2.05) is 0 Å². The molecule has 2 aliphatic heterocycles. The number of benzene rings is 1. The first-order chi connectivity index (χ1) is 10.3. The van der Waals surface area contributed by atoms with Crippen molar-refractivity contribution in [3.05, 3.63) is 34.9 Å². The summed E-state index contributed by atoms with van der Waals surface area (Å²) in [7, 11) is 2.12.